The van der Waals surface area contributed by atoms with Gasteiger partial charge in [-0.1, -0.05) is 15.9 Å². The van der Waals surface area contributed by atoms with Crippen LogP contribution in [-0.2, 0) is 6.54 Å². The van der Waals surface area contributed by atoms with Crippen molar-refractivity contribution >= 4 is 27.3 Å². The molecule has 3 nitrogen and oxygen atoms in total. The molecule has 1 unspecified atom stereocenters. The maximum atomic E-state index is 5.68. The molecular formula is C13H13BrN2OS. The molecule has 1 aliphatic rings. The molecule has 0 radical (unpaired) electrons. The third-order valence-electron chi connectivity index (χ3n) is 3.02. The number of hydrogen-bond acceptors (Lipinski definition) is 4. The van der Waals surface area contributed by atoms with E-state index >= 15 is 0 Å². The second kappa shape index (κ2) is 5.38. The van der Waals surface area contributed by atoms with Gasteiger partial charge >= 0.3 is 0 Å². The first-order chi connectivity index (χ1) is 8.83. The molecule has 18 heavy (non-hydrogen) atoms. The fourth-order valence-corrected chi connectivity index (χ4v) is 3.05. The van der Waals surface area contributed by atoms with Crippen LogP contribution in [0.5, 0.6) is 5.75 Å². The van der Waals surface area contributed by atoms with Crippen molar-refractivity contribution in [2.24, 2.45) is 0 Å². The van der Waals surface area contributed by atoms with E-state index in [4.69, 9.17) is 4.74 Å². The average molecular weight is 325 g/mol. The molecule has 1 N–H and O–H groups in total. The lowest BCUT2D eigenvalue weighted by Gasteiger charge is -2.26. The third kappa shape index (κ3) is 2.58. The number of benzene rings is 1. The molecule has 0 fully saturated rings. The van der Waals surface area contributed by atoms with Gasteiger partial charge in [-0.25, -0.2) is 0 Å². The highest BCUT2D eigenvalue weighted by Gasteiger charge is 2.21. The molecule has 0 aliphatic carbocycles. The number of thiazole rings is 1. The monoisotopic (exact) mass is 324 g/mol. The predicted octanol–water partition coefficient (Wildman–Crippen LogP) is 3.52. The molecule has 1 aromatic heterocycles. The zero-order chi connectivity index (χ0) is 12.4. The smallest absolute Gasteiger partial charge is 0.124 e. The number of halogens is 1. The van der Waals surface area contributed by atoms with Crippen LogP contribution in [0.4, 0.5) is 0 Å². The van der Waals surface area contributed by atoms with E-state index in [2.05, 4.69) is 32.3 Å². The Morgan fingerprint density at radius 1 is 1.50 bits per heavy atom. The van der Waals surface area contributed by atoms with E-state index in [0.29, 0.717) is 6.04 Å². The molecule has 0 bridgehead atoms. The fraction of sp³-hybridized carbons (Fsp3) is 0.308. The molecule has 1 aliphatic heterocycles. The van der Waals surface area contributed by atoms with Gasteiger partial charge in [0.15, 0.2) is 0 Å². The first-order valence-electron chi connectivity index (χ1n) is 5.86. The minimum atomic E-state index is 0.355. The summed E-state index contributed by atoms with van der Waals surface area (Å²) in [5.74, 6) is 0.992. The van der Waals surface area contributed by atoms with Crippen LogP contribution in [0.15, 0.2) is 34.4 Å². The van der Waals surface area contributed by atoms with E-state index in [1.54, 1.807) is 11.3 Å². The summed E-state index contributed by atoms with van der Waals surface area (Å²) in [7, 11) is 0. The number of nitrogens with one attached hydrogen (secondary N) is 1. The molecule has 1 atom stereocenters. The zero-order valence-electron chi connectivity index (χ0n) is 9.73. The van der Waals surface area contributed by atoms with Crippen molar-refractivity contribution < 1.29 is 4.74 Å². The Morgan fingerprint density at radius 3 is 3.28 bits per heavy atom. The van der Waals surface area contributed by atoms with Gasteiger partial charge in [-0.05, 0) is 18.2 Å². The highest BCUT2D eigenvalue weighted by Crippen LogP contribution is 2.34. The van der Waals surface area contributed by atoms with Gasteiger partial charge in [-0.3, -0.25) is 4.98 Å². The van der Waals surface area contributed by atoms with Gasteiger partial charge < -0.3 is 10.1 Å². The van der Waals surface area contributed by atoms with Crippen molar-refractivity contribution in [3.8, 4) is 5.75 Å². The second-order valence-corrected chi connectivity index (χ2v) is 6.11. The quantitative estimate of drug-likeness (QED) is 0.938. The number of nitrogens with zero attached hydrogens (tertiary/aromatic N) is 1. The van der Waals surface area contributed by atoms with Gasteiger partial charge in [-0.2, -0.15) is 0 Å². The Labute approximate surface area is 118 Å². The summed E-state index contributed by atoms with van der Waals surface area (Å²) in [6.45, 7) is 1.64. The number of aromatic nitrogens is 1. The van der Waals surface area contributed by atoms with Crippen LogP contribution in [0, 0.1) is 0 Å². The molecular weight excluding hydrogens is 312 g/mol. The molecule has 5 heteroatoms. The maximum Gasteiger partial charge on any atom is 0.124 e. The Hall–Kier alpha value is -0.910. The van der Waals surface area contributed by atoms with Gasteiger partial charge in [0.1, 0.15) is 5.75 Å². The lowest BCUT2D eigenvalue weighted by atomic mass is 10.0. The summed E-state index contributed by atoms with van der Waals surface area (Å²) < 4.78 is 6.77. The molecule has 2 heterocycles. The first kappa shape index (κ1) is 12.1. The van der Waals surface area contributed by atoms with Crippen molar-refractivity contribution in [3.05, 3.63) is 44.8 Å². The Morgan fingerprint density at radius 2 is 2.44 bits per heavy atom. The van der Waals surface area contributed by atoms with Gasteiger partial charge in [0.25, 0.3) is 0 Å². The normalized spacial score (nSPS) is 18.2. The van der Waals surface area contributed by atoms with Crippen LogP contribution in [0.1, 0.15) is 22.9 Å². The number of rotatable bonds is 3. The van der Waals surface area contributed by atoms with E-state index in [0.717, 1.165) is 29.8 Å². The predicted molar refractivity (Wildman–Crippen MR) is 75.9 cm³/mol. The van der Waals surface area contributed by atoms with E-state index in [9.17, 15) is 0 Å². The van der Waals surface area contributed by atoms with Crippen LogP contribution in [0.2, 0.25) is 0 Å². The molecule has 1 aromatic carbocycles. The third-order valence-corrected chi connectivity index (χ3v) is 4.29. The fourth-order valence-electron chi connectivity index (χ4n) is 2.13. The van der Waals surface area contributed by atoms with Crippen molar-refractivity contribution in [2.45, 2.75) is 19.0 Å². The lowest BCUT2D eigenvalue weighted by molar-refractivity contribution is 0.252. The number of ether oxygens (including phenoxy) is 1. The summed E-state index contributed by atoms with van der Waals surface area (Å²) in [5, 5.41) is 3.58. The van der Waals surface area contributed by atoms with Crippen molar-refractivity contribution in [3.63, 3.8) is 0 Å². The summed E-state index contributed by atoms with van der Waals surface area (Å²) >= 11 is 5.20. The van der Waals surface area contributed by atoms with Crippen molar-refractivity contribution in [1.29, 1.82) is 0 Å². The van der Waals surface area contributed by atoms with Gasteiger partial charge in [0.2, 0.25) is 0 Å². The summed E-state index contributed by atoms with van der Waals surface area (Å²) in [5.41, 5.74) is 3.10. The Kier molecular flexibility index (Phi) is 3.63. The summed E-state index contributed by atoms with van der Waals surface area (Å²) in [6, 6.07) is 6.54. The van der Waals surface area contributed by atoms with E-state index in [-0.39, 0.29) is 0 Å². The van der Waals surface area contributed by atoms with Crippen molar-refractivity contribution in [2.75, 3.05) is 6.61 Å². The minimum Gasteiger partial charge on any atom is -0.493 e. The van der Waals surface area contributed by atoms with E-state index in [1.165, 1.54) is 10.4 Å². The molecule has 2 aromatic rings. The molecule has 0 saturated carbocycles. The maximum absolute atomic E-state index is 5.68. The topological polar surface area (TPSA) is 34.2 Å². The molecule has 94 valence electrons. The molecule has 0 spiro atoms. The standard InChI is InChI=1S/C13H13BrN2OS/c14-9-1-2-13-11(5-9)12(3-4-17-13)16-7-10-6-15-8-18-10/h1-2,5-6,8,12,16H,3-4,7H2. The molecule has 3 rings (SSSR count). The summed E-state index contributed by atoms with van der Waals surface area (Å²) in [6.07, 6.45) is 2.92. The van der Waals surface area contributed by atoms with Gasteiger partial charge in [0.05, 0.1) is 12.1 Å². The van der Waals surface area contributed by atoms with Crippen LogP contribution in [-0.4, -0.2) is 11.6 Å². The number of fused-ring (bicyclic) bond motifs is 1. The van der Waals surface area contributed by atoms with Crippen LogP contribution >= 0.6 is 27.3 Å². The summed E-state index contributed by atoms with van der Waals surface area (Å²) in [4.78, 5) is 5.35. The Balaban J connectivity index is 1.76. The highest BCUT2D eigenvalue weighted by molar-refractivity contribution is 9.10. The molecule has 0 amide bonds. The van der Waals surface area contributed by atoms with E-state index < -0.39 is 0 Å². The lowest BCUT2D eigenvalue weighted by Crippen LogP contribution is -2.26. The van der Waals surface area contributed by atoms with Gasteiger partial charge in [0, 0.05) is 40.1 Å². The molecule has 0 saturated heterocycles. The highest BCUT2D eigenvalue weighted by atomic mass is 79.9. The largest absolute Gasteiger partial charge is 0.493 e. The Bertz CT molecular complexity index is 530. The van der Waals surface area contributed by atoms with Crippen LogP contribution in [0.25, 0.3) is 0 Å². The zero-order valence-corrected chi connectivity index (χ0v) is 12.1. The second-order valence-electron chi connectivity index (χ2n) is 4.22. The van der Waals surface area contributed by atoms with Crippen LogP contribution in [0.3, 0.4) is 0 Å². The first-order valence-corrected chi connectivity index (χ1v) is 7.53. The SMILES string of the molecule is Brc1ccc2c(c1)C(NCc1cncs1)CCO2. The van der Waals surface area contributed by atoms with Crippen LogP contribution < -0.4 is 10.1 Å². The van der Waals surface area contributed by atoms with Crippen molar-refractivity contribution in [1.82, 2.24) is 10.3 Å². The average Bonchev–Trinajstić information content (AvgIpc) is 2.89. The van der Waals surface area contributed by atoms with E-state index in [1.807, 2.05) is 23.8 Å². The van der Waals surface area contributed by atoms with Gasteiger partial charge in [-0.15, -0.1) is 11.3 Å². The minimum absolute atomic E-state index is 0.355. The number of hydrogen-bond donors (Lipinski definition) is 1.